The van der Waals surface area contributed by atoms with E-state index in [-0.39, 0.29) is 29.8 Å². The lowest BCUT2D eigenvalue weighted by Gasteiger charge is -2.36. The minimum Gasteiger partial charge on any atom is -0.338 e. The molecule has 3 amide bonds. The monoisotopic (exact) mass is 390 g/mol. The van der Waals surface area contributed by atoms with E-state index in [9.17, 15) is 14.0 Å². The van der Waals surface area contributed by atoms with Crippen molar-refractivity contribution < 1.29 is 14.0 Å². The van der Waals surface area contributed by atoms with Crippen LogP contribution in [0, 0.1) is 5.82 Å². The number of piperazine rings is 1. The van der Waals surface area contributed by atoms with Crippen LogP contribution in [0.2, 0.25) is 0 Å². The smallest absolute Gasteiger partial charge is 0.315 e. The molecule has 0 bridgehead atoms. The highest BCUT2D eigenvalue weighted by Gasteiger charge is 2.27. The lowest BCUT2D eigenvalue weighted by atomic mass is 9.96. The van der Waals surface area contributed by atoms with Gasteiger partial charge in [0, 0.05) is 38.6 Å². The standard InChI is InChI=1S/C21H31FN4O2/c22-17-7-4-6-16(14-17)19-15-23-12-13-26(19)20(27)10-5-11-24-21(28)25-18-8-2-1-3-9-18/h4,6-7,14,18-19,23H,1-3,5,8-13,15H2,(H2,24,25,28). The number of halogens is 1. The highest BCUT2D eigenvalue weighted by Crippen LogP contribution is 2.24. The number of hydrogen-bond acceptors (Lipinski definition) is 3. The molecule has 154 valence electrons. The molecule has 3 rings (SSSR count). The number of urea groups is 1. The van der Waals surface area contributed by atoms with Crippen molar-refractivity contribution in [1.82, 2.24) is 20.9 Å². The fourth-order valence-corrected chi connectivity index (χ4v) is 4.08. The van der Waals surface area contributed by atoms with Crippen LogP contribution in [-0.2, 0) is 4.79 Å². The number of benzene rings is 1. The highest BCUT2D eigenvalue weighted by atomic mass is 19.1. The van der Waals surface area contributed by atoms with Crippen molar-refractivity contribution in [2.24, 2.45) is 0 Å². The van der Waals surface area contributed by atoms with Crippen LogP contribution in [0.1, 0.15) is 56.6 Å². The van der Waals surface area contributed by atoms with Crippen LogP contribution in [0.3, 0.4) is 0 Å². The van der Waals surface area contributed by atoms with Gasteiger partial charge in [-0.1, -0.05) is 31.4 Å². The second-order valence-electron chi connectivity index (χ2n) is 7.70. The number of rotatable bonds is 6. The molecule has 2 aliphatic rings. The van der Waals surface area contributed by atoms with Gasteiger partial charge in [0.2, 0.25) is 5.91 Å². The molecule has 2 fully saturated rings. The van der Waals surface area contributed by atoms with Gasteiger partial charge in [0.05, 0.1) is 6.04 Å². The van der Waals surface area contributed by atoms with Crippen molar-refractivity contribution in [2.75, 3.05) is 26.2 Å². The maximum Gasteiger partial charge on any atom is 0.315 e. The van der Waals surface area contributed by atoms with E-state index in [1.165, 1.54) is 31.4 Å². The summed E-state index contributed by atoms with van der Waals surface area (Å²) in [5.74, 6) is -0.242. The zero-order valence-electron chi connectivity index (χ0n) is 16.4. The fourth-order valence-electron chi connectivity index (χ4n) is 4.08. The van der Waals surface area contributed by atoms with E-state index in [0.29, 0.717) is 32.5 Å². The molecule has 1 atom stereocenters. The average molecular weight is 391 g/mol. The number of nitrogens with one attached hydrogen (secondary N) is 3. The Hall–Kier alpha value is -2.15. The molecule has 1 unspecified atom stereocenters. The van der Waals surface area contributed by atoms with E-state index in [1.54, 1.807) is 6.07 Å². The largest absolute Gasteiger partial charge is 0.338 e. The topological polar surface area (TPSA) is 73.5 Å². The third kappa shape index (κ3) is 5.92. The maximum atomic E-state index is 13.6. The Balaban J connectivity index is 1.42. The van der Waals surface area contributed by atoms with E-state index in [2.05, 4.69) is 16.0 Å². The van der Waals surface area contributed by atoms with Gasteiger partial charge >= 0.3 is 6.03 Å². The third-order valence-corrected chi connectivity index (χ3v) is 5.59. The molecule has 1 saturated heterocycles. The molecule has 1 aromatic carbocycles. The first kappa shape index (κ1) is 20.6. The third-order valence-electron chi connectivity index (χ3n) is 5.59. The molecule has 7 heteroatoms. The van der Waals surface area contributed by atoms with Crippen LogP contribution in [0.5, 0.6) is 0 Å². The highest BCUT2D eigenvalue weighted by molar-refractivity contribution is 5.77. The second-order valence-corrected chi connectivity index (χ2v) is 7.70. The SMILES string of the molecule is O=C(NCCCC(=O)N1CCNCC1c1cccc(F)c1)NC1CCCCC1. The normalized spacial score (nSPS) is 20.6. The number of carbonyl (C=O) groups is 2. The molecular weight excluding hydrogens is 359 g/mol. The Morgan fingerprint density at radius 2 is 2.04 bits per heavy atom. The van der Waals surface area contributed by atoms with Gasteiger partial charge in [-0.3, -0.25) is 4.79 Å². The van der Waals surface area contributed by atoms with Crippen molar-refractivity contribution in [3.8, 4) is 0 Å². The van der Waals surface area contributed by atoms with Crippen molar-refractivity contribution in [3.05, 3.63) is 35.6 Å². The average Bonchev–Trinajstić information content (AvgIpc) is 2.72. The Kier molecular flexibility index (Phi) is 7.65. The quantitative estimate of drug-likeness (QED) is 0.654. The predicted molar refractivity (Wildman–Crippen MR) is 106 cm³/mol. The minimum atomic E-state index is -0.288. The molecule has 1 aliphatic carbocycles. The molecule has 0 aromatic heterocycles. The van der Waals surface area contributed by atoms with Crippen LogP contribution in [-0.4, -0.2) is 49.1 Å². The van der Waals surface area contributed by atoms with Crippen LogP contribution in [0.4, 0.5) is 9.18 Å². The van der Waals surface area contributed by atoms with Crippen LogP contribution >= 0.6 is 0 Å². The molecule has 3 N–H and O–H groups in total. The molecule has 28 heavy (non-hydrogen) atoms. The first-order chi connectivity index (χ1) is 13.6. The molecule has 1 aromatic rings. The van der Waals surface area contributed by atoms with Gasteiger partial charge in [0.1, 0.15) is 5.82 Å². The van der Waals surface area contributed by atoms with Crippen molar-refractivity contribution in [1.29, 1.82) is 0 Å². The Bertz CT molecular complexity index is 664. The second kappa shape index (κ2) is 10.4. The van der Waals surface area contributed by atoms with E-state index in [4.69, 9.17) is 0 Å². The van der Waals surface area contributed by atoms with Crippen LogP contribution in [0.15, 0.2) is 24.3 Å². The first-order valence-electron chi connectivity index (χ1n) is 10.4. The summed E-state index contributed by atoms with van der Waals surface area (Å²) in [6.45, 7) is 2.44. The van der Waals surface area contributed by atoms with Gasteiger partial charge in [0.15, 0.2) is 0 Å². The Morgan fingerprint density at radius 3 is 2.82 bits per heavy atom. The van der Waals surface area contributed by atoms with E-state index in [0.717, 1.165) is 24.9 Å². The number of hydrogen-bond donors (Lipinski definition) is 3. The molecule has 1 saturated carbocycles. The number of carbonyl (C=O) groups excluding carboxylic acids is 2. The predicted octanol–water partition coefficient (Wildman–Crippen LogP) is 2.71. The Morgan fingerprint density at radius 1 is 1.21 bits per heavy atom. The summed E-state index contributed by atoms with van der Waals surface area (Å²) in [7, 11) is 0. The lowest BCUT2D eigenvalue weighted by Crippen LogP contribution is -2.48. The van der Waals surface area contributed by atoms with E-state index >= 15 is 0 Å². The molecule has 0 spiro atoms. The van der Waals surface area contributed by atoms with E-state index < -0.39 is 0 Å². The number of nitrogens with zero attached hydrogens (tertiary/aromatic N) is 1. The van der Waals surface area contributed by atoms with Crippen LogP contribution in [0.25, 0.3) is 0 Å². The molecule has 0 radical (unpaired) electrons. The van der Waals surface area contributed by atoms with Gasteiger partial charge in [-0.25, -0.2) is 9.18 Å². The first-order valence-corrected chi connectivity index (χ1v) is 10.4. The zero-order valence-corrected chi connectivity index (χ0v) is 16.4. The van der Waals surface area contributed by atoms with Gasteiger partial charge in [0.25, 0.3) is 0 Å². The van der Waals surface area contributed by atoms with E-state index in [1.807, 2.05) is 11.0 Å². The molecule has 1 heterocycles. The zero-order chi connectivity index (χ0) is 19.8. The van der Waals surface area contributed by atoms with Crippen molar-refractivity contribution in [3.63, 3.8) is 0 Å². The molecule has 1 aliphatic heterocycles. The van der Waals surface area contributed by atoms with Crippen LogP contribution < -0.4 is 16.0 Å². The minimum absolute atomic E-state index is 0.0465. The summed E-state index contributed by atoms with van der Waals surface area (Å²) >= 11 is 0. The maximum absolute atomic E-state index is 13.6. The van der Waals surface area contributed by atoms with Crippen molar-refractivity contribution in [2.45, 2.75) is 57.0 Å². The van der Waals surface area contributed by atoms with Gasteiger partial charge in [-0.2, -0.15) is 0 Å². The van der Waals surface area contributed by atoms with Crippen molar-refractivity contribution >= 4 is 11.9 Å². The number of amides is 3. The summed E-state index contributed by atoms with van der Waals surface area (Å²) in [5.41, 5.74) is 0.811. The summed E-state index contributed by atoms with van der Waals surface area (Å²) in [6.07, 6.45) is 6.68. The summed E-state index contributed by atoms with van der Waals surface area (Å²) in [4.78, 5) is 26.5. The summed E-state index contributed by atoms with van der Waals surface area (Å²) < 4.78 is 13.6. The van der Waals surface area contributed by atoms with Gasteiger partial charge in [-0.15, -0.1) is 0 Å². The van der Waals surface area contributed by atoms with Gasteiger partial charge < -0.3 is 20.9 Å². The summed E-state index contributed by atoms with van der Waals surface area (Å²) in [5, 5.41) is 9.15. The molecular formula is C21H31FN4O2. The summed E-state index contributed by atoms with van der Waals surface area (Å²) in [6, 6.07) is 6.43. The molecule has 6 nitrogen and oxygen atoms in total. The Labute approximate surface area is 166 Å². The lowest BCUT2D eigenvalue weighted by molar-refractivity contribution is -0.134. The fraction of sp³-hybridized carbons (Fsp3) is 0.619. The van der Waals surface area contributed by atoms with Gasteiger partial charge in [-0.05, 0) is 37.0 Å².